The van der Waals surface area contributed by atoms with Crippen molar-refractivity contribution in [2.45, 2.75) is 17.7 Å². The first kappa shape index (κ1) is 12.1. The van der Waals surface area contributed by atoms with E-state index in [-0.39, 0.29) is 6.10 Å². The molecule has 1 atom stereocenters. The highest BCUT2D eigenvalue weighted by Gasteiger charge is 2.22. The maximum atomic E-state index is 5.85. The summed E-state index contributed by atoms with van der Waals surface area (Å²) < 4.78 is 5.85. The molecule has 0 aliphatic carbocycles. The van der Waals surface area contributed by atoms with Crippen LogP contribution in [0.15, 0.2) is 35.5 Å². The molecule has 1 aliphatic rings. The third kappa shape index (κ3) is 2.73. The highest BCUT2D eigenvalue weighted by atomic mass is 32.2. The standard InChI is InChI=1S/C13H14N4OS/c14-11-6-12(15)17-13(16-11)19-7-9-5-8-3-1-2-4-10(8)18-9/h1-4,6,9H,5,7H2,(H4,14,15,16,17). The van der Waals surface area contributed by atoms with Crippen LogP contribution in [0.25, 0.3) is 0 Å². The minimum atomic E-state index is 0.147. The summed E-state index contributed by atoms with van der Waals surface area (Å²) in [5.74, 6) is 2.54. The Balaban J connectivity index is 1.62. The van der Waals surface area contributed by atoms with Gasteiger partial charge in [0.1, 0.15) is 23.5 Å². The Hall–Kier alpha value is -1.95. The lowest BCUT2D eigenvalue weighted by atomic mass is 10.1. The fourth-order valence-corrected chi connectivity index (χ4v) is 2.90. The number of rotatable bonds is 3. The van der Waals surface area contributed by atoms with Gasteiger partial charge in [0.05, 0.1) is 0 Å². The number of ether oxygens (including phenoxy) is 1. The topological polar surface area (TPSA) is 87.1 Å². The van der Waals surface area contributed by atoms with Crippen LogP contribution in [-0.2, 0) is 6.42 Å². The van der Waals surface area contributed by atoms with Gasteiger partial charge in [-0.25, -0.2) is 9.97 Å². The molecule has 5 nitrogen and oxygen atoms in total. The Labute approximate surface area is 115 Å². The van der Waals surface area contributed by atoms with E-state index in [1.807, 2.05) is 18.2 Å². The Morgan fingerprint density at radius 2 is 1.95 bits per heavy atom. The van der Waals surface area contributed by atoms with Crippen molar-refractivity contribution in [1.82, 2.24) is 9.97 Å². The molecule has 2 heterocycles. The molecule has 0 spiro atoms. The van der Waals surface area contributed by atoms with Gasteiger partial charge in [0, 0.05) is 18.2 Å². The molecule has 3 rings (SSSR count). The number of thioether (sulfide) groups is 1. The summed E-state index contributed by atoms with van der Waals surface area (Å²) in [5, 5.41) is 0.594. The van der Waals surface area contributed by atoms with Gasteiger partial charge in [-0.2, -0.15) is 0 Å². The molecule has 0 bridgehead atoms. The van der Waals surface area contributed by atoms with Crippen LogP contribution in [0.1, 0.15) is 5.56 Å². The second-order valence-electron chi connectivity index (χ2n) is 4.36. The first-order chi connectivity index (χ1) is 9.20. The molecule has 2 aromatic rings. The van der Waals surface area contributed by atoms with E-state index >= 15 is 0 Å². The van der Waals surface area contributed by atoms with Crippen molar-refractivity contribution in [1.29, 1.82) is 0 Å². The number of benzene rings is 1. The number of nitrogen functional groups attached to an aromatic ring is 2. The molecule has 0 fully saturated rings. The molecule has 0 saturated heterocycles. The largest absolute Gasteiger partial charge is 0.489 e. The molecule has 0 radical (unpaired) electrons. The average Bonchev–Trinajstić information content (AvgIpc) is 2.78. The average molecular weight is 274 g/mol. The zero-order valence-corrected chi connectivity index (χ0v) is 11.1. The Bertz CT molecular complexity index is 560. The monoisotopic (exact) mass is 274 g/mol. The zero-order valence-electron chi connectivity index (χ0n) is 10.2. The normalized spacial score (nSPS) is 16.9. The van der Waals surface area contributed by atoms with Crippen LogP contribution >= 0.6 is 11.8 Å². The van der Waals surface area contributed by atoms with Crippen LogP contribution in [0, 0.1) is 0 Å². The molecule has 1 aromatic heterocycles. The van der Waals surface area contributed by atoms with Crippen molar-refractivity contribution in [3.63, 3.8) is 0 Å². The first-order valence-corrected chi connectivity index (χ1v) is 6.96. The lowest BCUT2D eigenvalue weighted by Crippen LogP contribution is -2.16. The van der Waals surface area contributed by atoms with Crippen molar-refractivity contribution in [3.8, 4) is 5.75 Å². The van der Waals surface area contributed by atoms with Gasteiger partial charge in [0.25, 0.3) is 0 Å². The van der Waals surface area contributed by atoms with Gasteiger partial charge in [0.15, 0.2) is 5.16 Å². The van der Waals surface area contributed by atoms with E-state index in [0.717, 1.165) is 17.9 Å². The van der Waals surface area contributed by atoms with Crippen molar-refractivity contribution in [3.05, 3.63) is 35.9 Å². The van der Waals surface area contributed by atoms with Crippen LogP contribution in [0.4, 0.5) is 11.6 Å². The number of anilines is 2. The van der Waals surface area contributed by atoms with E-state index in [4.69, 9.17) is 16.2 Å². The molecule has 1 aromatic carbocycles. The third-order valence-corrected chi connectivity index (χ3v) is 3.84. The van der Waals surface area contributed by atoms with E-state index in [1.54, 1.807) is 6.07 Å². The zero-order chi connectivity index (χ0) is 13.2. The van der Waals surface area contributed by atoms with Crippen LogP contribution in [0.3, 0.4) is 0 Å². The summed E-state index contributed by atoms with van der Waals surface area (Å²) >= 11 is 1.51. The number of nitrogens with two attached hydrogens (primary N) is 2. The number of nitrogens with zero attached hydrogens (tertiary/aromatic N) is 2. The number of fused-ring (bicyclic) bond motifs is 1. The lowest BCUT2D eigenvalue weighted by molar-refractivity contribution is 0.259. The second-order valence-corrected chi connectivity index (χ2v) is 5.35. The predicted molar refractivity (Wildman–Crippen MR) is 76.1 cm³/mol. The quantitative estimate of drug-likeness (QED) is 0.655. The van der Waals surface area contributed by atoms with Crippen molar-refractivity contribution >= 4 is 23.4 Å². The van der Waals surface area contributed by atoms with Gasteiger partial charge in [-0.15, -0.1) is 0 Å². The van der Waals surface area contributed by atoms with Crippen molar-refractivity contribution < 1.29 is 4.74 Å². The third-order valence-electron chi connectivity index (χ3n) is 2.86. The smallest absolute Gasteiger partial charge is 0.191 e. The van der Waals surface area contributed by atoms with E-state index in [9.17, 15) is 0 Å². The predicted octanol–water partition coefficient (Wildman–Crippen LogP) is 1.74. The molecular weight excluding hydrogens is 260 g/mol. The van der Waals surface area contributed by atoms with E-state index in [2.05, 4.69) is 16.0 Å². The maximum absolute atomic E-state index is 5.85. The van der Waals surface area contributed by atoms with Crippen molar-refractivity contribution in [2.75, 3.05) is 17.2 Å². The Morgan fingerprint density at radius 3 is 2.68 bits per heavy atom. The van der Waals surface area contributed by atoms with Gasteiger partial charge in [-0.05, 0) is 11.6 Å². The number of aromatic nitrogens is 2. The highest BCUT2D eigenvalue weighted by molar-refractivity contribution is 7.99. The molecular formula is C13H14N4OS. The number of hydrogen-bond donors (Lipinski definition) is 2. The van der Waals surface area contributed by atoms with Crippen LogP contribution < -0.4 is 16.2 Å². The van der Waals surface area contributed by atoms with Gasteiger partial charge < -0.3 is 16.2 Å². The summed E-state index contributed by atoms with van der Waals surface area (Å²) in [5.41, 5.74) is 12.5. The van der Waals surface area contributed by atoms with Gasteiger partial charge in [0.2, 0.25) is 0 Å². The van der Waals surface area contributed by atoms with Crippen LogP contribution in [0.2, 0.25) is 0 Å². The summed E-state index contributed by atoms with van der Waals surface area (Å²) in [4.78, 5) is 8.28. The fourth-order valence-electron chi connectivity index (χ4n) is 2.04. The molecule has 6 heteroatoms. The highest BCUT2D eigenvalue weighted by Crippen LogP contribution is 2.30. The lowest BCUT2D eigenvalue weighted by Gasteiger charge is -2.09. The summed E-state index contributed by atoms with van der Waals surface area (Å²) in [7, 11) is 0. The van der Waals surface area contributed by atoms with E-state index in [1.165, 1.54) is 17.3 Å². The fraction of sp³-hybridized carbons (Fsp3) is 0.231. The summed E-state index contributed by atoms with van der Waals surface area (Å²) in [6.45, 7) is 0. The molecule has 0 amide bonds. The van der Waals surface area contributed by atoms with Gasteiger partial charge >= 0.3 is 0 Å². The molecule has 1 unspecified atom stereocenters. The minimum Gasteiger partial charge on any atom is -0.489 e. The number of hydrogen-bond acceptors (Lipinski definition) is 6. The molecule has 4 N–H and O–H groups in total. The van der Waals surface area contributed by atoms with Gasteiger partial charge in [-0.1, -0.05) is 30.0 Å². The minimum absolute atomic E-state index is 0.147. The molecule has 1 aliphatic heterocycles. The molecule has 19 heavy (non-hydrogen) atoms. The molecule has 98 valence electrons. The Morgan fingerprint density at radius 1 is 1.21 bits per heavy atom. The van der Waals surface area contributed by atoms with E-state index < -0.39 is 0 Å². The SMILES string of the molecule is Nc1cc(N)nc(SCC2Cc3ccccc3O2)n1. The van der Waals surface area contributed by atoms with Crippen LogP contribution in [0.5, 0.6) is 5.75 Å². The first-order valence-electron chi connectivity index (χ1n) is 5.98. The maximum Gasteiger partial charge on any atom is 0.191 e. The van der Waals surface area contributed by atoms with Gasteiger partial charge in [-0.3, -0.25) is 0 Å². The van der Waals surface area contributed by atoms with Crippen LogP contribution in [-0.4, -0.2) is 21.8 Å². The van der Waals surface area contributed by atoms with Crippen molar-refractivity contribution in [2.24, 2.45) is 0 Å². The second kappa shape index (κ2) is 4.97. The Kier molecular flexibility index (Phi) is 3.16. The number of para-hydroxylation sites is 1. The summed E-state index contributed by atoms with van der Waals surface area (Å²) in [6, 6.07) is 9.64. The molecule has 0 saturated carbocycles. The summed E-state index contributed by atoms with van der Waals surface area (Å²) in [6.07, 6.45) is 1.06. The van der Waals surface area contributed by atoms with E-state index in [0.29, 0.717) is 16.8 Å².